The van der Waals surface area contributed by atoms with Gasteiger partial charge in [-0.1, -0.05) is 11.3 Å². The molecule has 16 heteroatoms. The maximum absolute atomic E-state index is 13.5. The summed E-state index contributed by atoms with van der Waals surface area (Å²) in [5, 5.41) is 27.4. The standard InChI is InChI=1S/C32H31N7O8S/c1-31(2,3)46-29(41)37(23-13-16-25-20(17-23)18-33-38(25)30(42)47-32(4,5)6)27-36-35-26(48-27)19-7-9-21(10-8-19)34-28(40)45-24-14-11-22(12-15-24)39(43)44/h7-18H,1-6H3,(H,34,40). The number of nitrogens with one attached hydrogen (secondary N) is 1. The van der Waals surface area contributed by atoms with Gasteiger partial charge in [0, 0.05) is 28.8 Å². The van der Waals surface area contributed by atoms with Crippen molar-refractivity contribution in [3.63, 3.8) is 0 Å². The third kappa shape index (κ3) is 8.08. The Hall–Kier alpha value is -5.90. The topological polar surface area (TPSA) is 181 Å². The highest BCUT2D eigenvalue weighted by molar-refractivity contribution is 7.18. The SMILES string of the molecule is CC(C)(C)OC(=O)N(c1ccc2c(cnn2C(=O)OC(C)(C)C)c1)c1nnc(-c2ccc(NC(=O)Oc3ccc([N+](=O)[O-])cc3)cc2)s1. The molecule has 3 aromatic carbocycles. The summed E-state index contributed by atoms with van der Waals surface area (Å²) in [7, 11) is 0. The van der Waals surface area contributed by atoms with E-state index in [1.807, 2.05) is 0 Å². The minimum Gasteiger partial charge on any atom is -0.443 e. The molecule has 0 saturated carbocycles. The lowest BCUT2D eigenvalue weighted by atomic mass is 10.2. The molecule has 0 fully saturated rings. The Bertz CT molecular complexity index is 1990. The third-order valence-electron chi connectivity index (χ3n) is 6.19. The predicted octanol–water partition coefficient (Wildman–Crippen LogP) is 7.93. The number of carbonyl (C=O) groups excluding carboxylic acids is 3. The second-order valence-corrected chi connectivity index (χ2v) is 13.3. The zero-order valence-electron chi connectivity index (χ0n) is 26.8. The predicted molar refractivity (Wildman–Crippen MR) is 178 cm³/mol. The van der Waals surface area contributed by atoms with Gasteiger partial charge >= 0.3 is 18.3 Å². The van der Waals surface area contributed by atoms with Crippen molar-refractivity contribution in [2.45, 2.75) is 52.7 Å². The number of rotatable bonds is 6. The first kappa shape index (κ1) is 33.5. The van der Waals surface area contributed by atoms with Crippen LogP contribution in [0.3, 0.4) is 0 Å². The number of non-ortho nitro benzene ring substituents is 1. The molecule has 0 unspecified atom stereocenters. The number of nitro benzene ring substituents is 1. The second kappa shape index (κ2) is 13.1. The van der Waals surface area contributed by atoms with E-state index in [4.69, 9.17) is 14.2 Å². The van der Waals surface area contributed by atoms with E-state index in [2.05, 4.69) is 20.6 Å². The van der Waals surface area contributed by atoms with Crippen LogP contribution in [0.2, 0.25) is 0 Å². The van der Waals surface area contributed by atoms with Crippen LogP contribution in [0.25, 0.3) is 21.5 Å². The zero-order chi connectivity index (χ0) is 34.8. The fraction of sp³-hybridized carbons (Fsp3) is 0.250. The summed E-state index contributed by atoms with van der Waals surface area (Å²) in [6.45, 7) is 10.5. The van der Waals surface area contributed by atoms with E-state index in [0.29, 0.717) is 32.8 Å². The first-order valence-corrected chi connectivity index (χ1v) is 15.3. The maximum Gasteiger partial charge on any atom is 0.435 e. The monoisotopic (exact) mass is 673 g/mol. The normalized spacial score (nSPS) is 11.5. The van der Waals surface area contributed by atoms with Gasteiger partial charge < -0.3 is 14.2 Å². The zero-order valence-corrected chi connectivity index (χ0v) is 27.6. The average Bonchev–Trinajstić information content (AvgIpc) is 3.64. The van der Waals surface area contributed by atoms with E-state index in [1.165, 1.54) is 35.4 Å². The maximum atomic E-state index is 13.5. The first-order chi connectivity index (χ1) is 22.6. The number of hydrogen-bond acceptors (Lipinski definition) is 12. The van der Waals surface area contributed by atoms with E-state index < -0.39 is 34.4 Å². The van der Waals surface area contributed by atoms with Gasteiger partial charge in [-0.25, -0.2) is 19.3 Å². The van der Waals surface area contributed by atoms with Crippen LogP contribution in [-0.2, 0) is 9.47 Å². The van der Waals surface area contributed by atoms with Crippen LogP contribution in [0.15, 0.2) is 72.9 Å². The fourth-order valence-corrected chi connectivity index (χ4v) is 5.08. The summed E-state index contributed by atoms with van der Waals surface area (Å²) in [5.74, 6) is 0.140. The molecule has 0 atom stereocenters. The number of fused-ring (bicyclic) bond motifs is 1. The van der Waals surface area contributed by atoms with Crippen molar-refractivity contribution in [3.05, 3.63) is 83.0 Å². The number of hydrogen-bond donors (Lipinski definition) is 1. The van der Waals surface area contributed by atoms with Gasteiger partial charge in [-0.3, -0.25) is 15.4 Å². The first-order valence-electron chi connectivity index (χ1n) is 14.5. The summed E-state index contributed by atoms with van der Waals surface area (Å²) in [5.41, 5.74) is 0.336. The molecule has 2 aromatic heterocycles. The summed E-state index contributed by atoms with van der Waals surface area (Å²) >= 11 is 1.14. The Morgan fingerprint density at radius 2 is 1.56 bits per heavy atom. The average molecular weight is 674 g/mol. The van der Waals surface area contributed by atoms with Crippen molar-refractivity contribution in [1.82, 2.24) is 20.0 Å². The van der Waals surface area contributed by atoms with Gasteiger partial charge in [-0.05, 0) is 96.1 Å². The van der Waals surface area contributed by atoms with Crippen LogP contribution in [0.5, 0.6) is 5.75 Å². The van der Waals surface area contributed by atoms with E-state index >= 15 is 0 Å². The molecular weight excluding hydrogens is 642 g/mol. The van der Waals surface area contributed by atoms with Crippen molar-refractivity contribution < 1.29 is 33.5 Å². The van der Waals surface area contributed by atoms with Crippen LogP contribution in [-0.4, -0.2) is 54.4 Å². The minimum absolute atomic E-state index is 0.124. The minimum atomic E-state index is -0.809. The molecule has 2 heterocycles. The van der Waals surface area contributed by atoms with Crippen LogP contribution in [0.1, 0.15) is 41.5 Å². The number of amides is 2. The summed E-state index contributed by atoms with van der Waals surface area (Å²) in [6, 6.07) is 16.8. The number of aromatic nitrogens is 4. The number of ether oxygens (including phenoxy) is 3. The molecule has 248 valence electrons. The Labute approximate surface area is 278 Å². The quantitative estimate of drug-likeness (QED) is 0.136. The lowest BCUT2D eigenvalue weighted by Gasteiger charge is -2.25. The van der Waals surface area contributed by atoms with E-state index in [-0.39, 0.29) is 16.6 Å². The molecular formula is C32H31N7O8S. The van der Waals surface area contributed by atoms with E-state index in [9.17, 15) is 24.5 Å². The summed E-state index contributed by atoms with van der Waals surface area (Å²) in [6.07, 6.45) is -0.601. The van der Waals surface area contributed by atoms with Crippen molar-refractivity contribution in [1.29, 1.82) is 0 Å². The largest absolute Gasteiger partial charge is 0.443 e. The third-order valence-corrected chi connectivity index (χ3v) is 7.15. The number of nitro groups is 1. The molecule has 48 heavy (non-hydrogen) atoms. The van der Waals surface area contributed by atoms with Crippen molar-refractivity contribution >= 4 is 62.7 Å². The smallest absolute Gasteiger partial charge is 0.435 e. The van der Waals surface area contributed by atoms with E-state index in [0.717, 1.165) is 16.0 Å². The molecule has 2 amide bonds. The molecule has 0 spiro atoms. The summed E-state index contributed by atoms with van der Waals surface area (Å²) < 4.78 is 17.5. The van der Waals surface area contributed by atoms with Crippen molar-refractivity contribution in [2.75, 3.05) is 10.2 Å². The van der Waals surface area contributed by atoms with Gasteiger partial charge in [0.05, 0.1) is 22.3 Å². The highest BCUT2D eigenvalue weighted by atomic mass is 32.1. The lowest BCUT2D eigenvalue weighted by molar-refractivity contribution is -0.384. The molecule has 0 radical (unpaired) electrons. The van der Waals surface area contributed by atoms with Crippen LogP contribution >= 0.6 is 11.3 Å². The highest BCUT2D eigenvalue weighted by Crippen LogP contribution is 2.36. The molecule has 0 bridgehead atoms. The van der Waals surface area contributed by atoms with Crippen LogP contribution in [0.4, 0.5) is 36.6 Å². The Balaban J connectivity index is 1.35. The summed E-state index contributed by atoms with van der Waals surface area (Å²) in [4.78, 5) is 50.1. The molecule has 15 nitrogen and oxygen atoms in total. The van der Waals surface area contributed by atoms with Gasteiger partial charge in [0.2, 0.25) is 5.13 Å². The van der Waals surface area contributed by atoms with Crippen molar-refractivity contribution in [2.24, 2.45) is 0 Å². The number of nitrogens with zero attached hydrogens (tertiary/aromatic N) is 6. The molecule has 5 rings (SSSR count). The molecule has 0 aliphatic rings. The van der Waals surface area contributed by atoms with Gasteiger partial charge in [0.25, 0.3) is 5.69 Å². The van der Waals surface area contributed by atoms with Gasteiger partial charge in [0.1, 0.15) is 22.0 Å². The number of anilines is 3. The van der Waals surface area contributed by atoms with Gasteiger partial charge in [-0.2, -0.15) is 9.78 Å². The number of benzene rings is 3. The molecule has 5 aromatic rings. The molecule has 0 aliphatic carbocycles. The Morgan fingerprint density at radius 1 is 0.896 bits per heavy atom. The van der Waals surface area contributed by atoms with Crippen LogP contribution < -0.4 is 15.0 Å². The molecule has 0 saturated heterocycles. The lowest BCUT2D eigenvalue weighted by Crippen LogP contribution is -2.33. The Kier molecular flexibility index (Phi) is 9.11. The molecule has 0 aliphatic heterocycles. The second-order valence-electron chi connectivity index (χ2n) is 12.3. The van der Waals surface area contributed by atoms with Crippen molar-refractivity contribution in [3.8, 4) is 16.3 Å². The van der Waals surface area contributed by atoms with E-state index in [1.54, 1.807) is 84.0 Å². The van der Waals surface area contributed by atoms with Gasteiger partial charge in [-0.15, -0.1) is 10.2 Å². The van der Waals surface area contributed by atoms with Crippen LogP contribution in [0, 0.1) is 10.1 Å². The molecule has 1 N–H and O–H groups in total. The van der Waals surface area contributed by atoms with Gasteiger partial charge in [0.15, 0.2) is 0 Å². The highest BCUT2D eigenvalue weighted by Gasteiger charge is 2.29. The fourth-order valence-electron chi connectivity index (χ4n) is 4.22. The Morgan fingerprint density at radius 3 is 2.19 bits per heavy atom. The number of carbonyl (C=O) groups is 3.